The van der Waals surface area contributed by atoms with Crippen LogP contribution >= 0.6 is 22.9 Å². The van der Waals surface area contributed by atoms with Gasteiger partial charge in [0.1, 0.15) is 5.01 Å². The molecule has 0 bridgehead atoms. The van der Waals surface area contributed by atoms with Gasteiger partial charge < -0.3 is 10.3 Å². The molecule has 6 heteroatoms. The van der Waals surface area contributed by atoms with Gasteiger partial charge in [-0.1, -0.05) is 23.7 Å². The summed E-state index contributed by atoms with van der Waals surface area (Å²) in [5, 5.41) is 1.74. The van der Waals surface area contributed by atoms with Crippen molar-refractivity contribution in [2.75, 3.05) is 5.73 Å². The summed E-state index contributed by atoms with van der Waals surface area (Å²) in [7, 11) is 0. The number of pyridine rings is 1. The molecule has 24 heavy (non-hydrogen) atoms. The molecule has 2 aromatic heterocycles. The van der Waals surface area contributed by atoms with Crippen LogP contribution in [0.3, 0.4) is 0 Å². The molecule has 0 aliphatic heterocycles. The van der Waals surface area contributed by atoms with Crippen molar-refractivity contribution < 1.29 is 0 Å². The van der Waals surface area contributed by atoms with Crippen LogP contribution in [-0.4, -0.2) is 9.55 Å². The van der Waals surface area contributed by atoms with Gasteiger partial charge in [0, 0.05) is 18.1 Å². The second kappa shape index (κ2) is 5.61. The summed E-state index contributed by atoms with van der Waals surface area (Å²) in [6.45, 7) is 2.74. The Hall–Kier alpha value is -2.37. The van der Waals surface area contributed by atoms with E-state index in [1.165, 1.54) is 11.3 Å². The fraction of sp³-hybridized carbons (Fsp3) is 0.111. The summed E-state index contributed by atoms with van der Waals surface area (Å²) in [4.78, 5) is 17.6. The predicted molar refractivity (Wildman–Crippen MR) is 102 cm³/mol. The van der Waals surface area contributed by atoms with E-state index in [4.69, 9.17) is 17.3 Å². The zero-order valence-corrected chi connectivity index (χ0v) is 14.5. The first kappa shape index (κ1) is 15.2. The highest BCUT2D eigenvalue weighted by atomic mass is 35.5. The maximum Gasteiger partial charge on any atom is 0.199 e. The summed E-state index contributed by atoms with van der Waals surface area (Å²) in [5.41, 5.74) is 8.51. The van der Waals surface area contributed by atoms with Crippen LogP contribution in [0.2, 0.25) is 5.02 Å². The Morgan fingerprint density at radius 3 is 2.83 bits per heavy atom. The number of rotatable bonds is 2. The number of benzene rings is 2. The third-order valence-electron chi connectivity index (χ3n) is 4.06. The van der Waals surface area contributed by atoms with Crippen LogP contribution in [0.1, 0.15) is 6.92 Å². The number of hydrogen-bond donors (Lipinski definition) is 1. The molecular formula is C18H14ClN3OS. The molecule has 2 heterocycles. The number of fused-ring (bicyclic) bond motifs is 2. The molecule has 0 amide bonds. The number of aryl methyl sites for hydroxylation is 1. The topological polar surface area (TPSA) is 60.9 Å². The molecule has 0 aliphatic rings. The summed E-state index contributed by atoms with van der Waals surface area (Å²) >= 11 is 7.65. The van der Waals surface area contributed by atoms with Crippen LogP contribution in [0, 0.1) is 0 Å². The lowest BCUT2D eigenvalue weighted by molar-refractivity contribution is 0.789. The van der Waals surface area contributed by atoms with Crippen molar-refractivity contribution in [2.24, 2.45) is 0 Å². The van der Waals surface area contributed by atoms with Crippen LogP contribution in [0.15, 0.2) is 47.4 Å². The number of nitrogens with zero attached hydrogens (tertiary/aromatic N) is 2. The Bertz CT molecular complexity index is 1110. The Morgan fingerprint density at radius 1 is 1.29 bits per heavy atom. The number of hydrogen-bond acceptors (Lipinski definition) is 4. The molecule has 2 aromatic carbocycles. The fourth-order valence-corrected chi connectivity index (χ4v) is 3.96. The first-order valence-corrected chi connectivity index (χ1v) is 8.76. The maximum atomic E-state index is 13.0. The standard InChI is InChI=1S/C18H14ClN3OS/c1-2-22-9-11(18-21-14-5-3-4-6-16(14)24-18)17(23)10-7-13(20)12(19)8-15(10)22/h3-9H,2,20H2,1H3. The van der Waals surface area contributed by atoms with Gasteiger partial charge in [0.05, 0.1) is 32.0 Å². The highest BCUT2D eigenvalue weighted by molar-refractivity contribution is 7.21. The molecule has 0 spiro atoms. The molecule has 0 saturated heterocycles. The largest absolute Gasteiger partial charge is 0.398 e. The van der Waals surface area contributed by atoms with Gasteiger partial charge in [0.2, 0.25) is 0 Å². The summed E-state index contributed by atoms with van der Waals surface area (Å²) < 4.78 is 3.06. The van der Waals surface area contributed by atoms with Crippen LogP contribution in [0.5, 0.6) is 0 Å². The summed E-state index contributed by atoms with van der Waals surface area (Å²) in [6, 6.07) is 11.3. The third kappa shape index (κ3) is 2.28. The van der Waals surface area contributed by atoms with Gasteiger partial charge in [-0.05, 0) is 31.2 Å². The van der Waals surface area contributed by atoms with Gasteiger partial charge in [-0.15, -0.1) is 11.3 Å². The van der Waals surface area contributed by atoms with E-state index in [1.807, 2.05) is 42.0 Å². The van der Waals surface area contributed by atoms with Crippen molar-refractivity contribution in [3.05, 3.63) is 57.8 Å². The van der Waals surface area contributed by atoms with Crippen LogP contribution < -0.4 is 11.2 Å². The molecule has 0 atom stereocenters. The lowest BCUT2D eigenvalue weighted by Crippen LogP contribution is -2.12. The highest BCUT2D eigenvalue weighted by Crippen LogP contribution is 2.31. The average Bonchev–Trinajstić information content (AvgIpc) is 3.01. The van der Waals surface area contributed by atoms with Gasteiger partial charge in [-0.25, -0.2) is 4.98 Å². The van der Waals surface area contributed by atoms with Gasteiger partial charge in [0.15, 0.2) is 5.43 Å². The van der Waals surface area contributed by atoms with E-state index in [1.54, 1.807) is 12.1 Å². The average molecular weight is 356 g/mol. The second-order valence-corrected chi connectivity index (χ2v) is 6.97. The monoisotopic (exact) mass is 355 g/mol. The molecule has 0 saturated carbocycles. The van der Waals surface area contributed by atoms with Crippen LogP contribution in [0.25, 0.3) is 31.7 Å². The van der Waals surface area contributed by atoms with Crippen molar-refractivity contribution in [1.29, 1.82) is 0 Å². The zero-order chi connectivity index (χ0) is 16.8. The summed E-state index contributed by atoms with van der Waals surface area (Å²) in [6.07, 6.45) is 1.86. The van der Waals surface area contributed by atoms with E-state index >= 15 is 0 Å². The first-order chi connectivity index (χ1) is 11.6. The number of aromatic nitrogens is 2. The highest BCUT2D eigenvalue weighted by Gasteiger charge is 2.15. The van der Waals surface area contributed by atoms with E-state index in [0.717, 1.165) is 27.3 Å². The molecule has 2 N–H and O–H groups in total. The molecule has 0 fully saturated rings. The van der Waals surface area contributed by atoms with Gasteiger partial charge >= 0.3 is 0 Å². The normalized spacial score (nSPS) is 11.4. The second-order valence-electron chi connectivity index (χ2n) is 5.54. The van der Waals surface area contributed by atoms with E-state index < -0.39 is 0 Å². The van der Waals surface area contributed by atoms with E-state index in [0.29, 0.717) is 21.7 Å². The third-order valence-corrected chi connectivity index (χ3v) is 5.46. The molecule has 0 aliphatic carbocycles. The van der Waals surface area contributed by atoms with Crippen molar-refractivity contribution in [3.8, 4) is 10.6 Å². The fourth-order valence-electron chi connectivity index (χ4n) is 2.83. The lowest BCUT2D eigenvalue weighted by atomic mass is 10.1. The Morgan fingerprint density at radius 2 is 2.08 bits per heavy atom. The van der Waals surface area contributed by atoms with Crippen molar-refractivity contribution in [2.45, 2.75) is 13.5 Å². The molecule has 0 unspecified atom stereocenters. The van der Waals surface area contributed by atoms with Gasteiger partial charge in [-0.2, -0.15) is 0 Å². The molecule has 4 rings (SSSR count). The van der Waals surface area contributed by atoms with Gasteiger partial charge in [0.25, 0.3) is 0 Å². The minimum atomic E-state index is -0.0721. The smallest absolute Gasteiger partial charge is 0.199 e. The number of nitrogens with two attached hydrogens (primary N) is 1. The Kier molecular flexibility index (Phi) is 3.55. The number of para-hydroxylation sites is 1. The van der Waals surface area contributed by atoms with E-state index in [-0.39, 0.29) is 5.43 Å². The van der Waals surface area contributed by atoms with Crippen molar-refractivity contribution >= 4 is 49.7 Å². The number of anilines is 1. The van der Waals surface area contributed by atoms with Crippen molar-refractivity contribution in [3.63, 3.8) is 0 Å². The first-order valence-electron chi connectivity index (χ1n) is 7.56. The number of nitrogen functional groups attached to an aromatic ring is 1. The molecule has 4 aromatic rings. The molecule has 0 radical (unpaired) electrons. The number of halogens is 1. The van der Waals surface area contributed by atoms with E-state index in [9.17, 15) is 4.79 Å². The lowest BCUT2D eigenvalue weighted by Gasteiger charge is -2.12. The summed E-state index contributed by atoms with van der Waals surface area (Å²) in [5.74, 6) is 0. The van der Waals surface area contributed by atoms with Crippen LogP contribution in [0.4, 0.5) is 5.69 Å². The van der Waals surface area contributed by atoms with Crippen LogP contribution in [-0.2, 0) is 6.54 Å². The zero-order valence-electron chi connectivity index (χ0n) is 12.9. The molecule has 120 valence electrons. The Labute approximate surface area is 147 Å². The van der Waals surface area contributed by atoms with E-state index in [2.05, 4.69) is 4.98 Å². The number of thiazole rings is 1. The van der Waals surface area contributed by atoms with Crippen molar-refractivity contribution in [1.82, 2.24) is 9.55 Å². The molecule has 4 nitrogen and oxygen atoms in total. The quantitative estimate of drug-likeness (QED) is 0.537. The van der Waals surface area contributed by atoms with Gasteiger partial charge in [-0.3, -0.25) is 4.79 Å². The minimum absolute atomic E-state index is 0.0721. The predicted octanol–water partition coefficient (Wildman–Crippen LogP) is 4.53. The maximum absolute atomic E-state index is 13.0. The SMILES string of the molecule is CCn1cc(-c2nc3ccccc3s2)c(=O)c2cc(N)c(Cl)cc21. The molecular weight excluding hydrogens is 342 g/mol. The Balaban J connectivity index is 2.07. The minimum Gasteiger partial charge on any atom is -0.398 e.